The Balaban J connectivity index is 2.20. The Labute approximate surface area is 107 Å². The maximum absolute atomic E-state index is 5.62. The first-order valence-corrected chi connectivity index (χ1v) is 6.19. The van der Waals surface area contributed by atoms with Gasteiger partial charge in [-0.3, -0.25) is 0 Å². The van der Waals surface area contributed by atoms with Crippen molar-refractivity contribution in [2.75, 3.05) is 6.54 Å². The van der Waals surface area contributed by atoms with E-state index in [2.05, 4.69) is 4.98 Å². The molecule has 0 fully saturated rings. The summed E-state index contributed by atoms with van der Waals surface area (Å²) in [5.41, 5.74) is 7.78. The van der Waals surface area contributed by atoms with Gasteiger partial charge in [-0.1, -0.05) is 0 Å². The zero-order chi connectivity index (χ0) is 13.0. The van der Waals surface area contributed by atoms with Gasteiger partial charge in [0.25, 0.3) is 0 Å². The summed E-state index contributed by atoms with van der Waals surface area (Å²) >= 11 is 0. The molecule has 0 aliphatic rings. The van der Waals surface area contributed by atoms with Crippen LogP contribution < -0.4 is 10.5 Å². The number of hydrogen-bond donors (Lipinski definition) is 1. The topological polar surface area (TPSA) is 53.1 Å². The molecule has 0 unspecified atom stereocenters. The molecule has 1 aromatic carbocycles. The minimum atomic E-state index is 0.192. The van der Waals surface area contributed by atoms with Gasteiger partial charge < -0.3 is 15.0 Å². The van der Waals surface area contributed by atoms with Gasteiger partial charge in [-0.05, 0) is 44.7 Å². The van der Waals surface area contributed by atoms with E-state index >= 15 is 0 Å². The second-order valence-electron chi connectivity index (χ2n) is 4.45. The van der Waals surface area contributed by atoms with Crippen LogP contribution in [-0.2, 0) is 6.42 Å². The van der Waals surface area contributed by atoms with Crippen LogP contribution in [0.3, 0.4) is 0 Å². The summed E-state index contributed by atoms with van der Waals surface area (Å²) in [6.45, 7) is 4.66. The van der Waals surface area contributed by atoms with Gasteiger partial charge in [-0.15, -0.1) is 0 Å². The van der Waals surface area contributed by atoms with E-state index in [1.54, 1.807) is 0 Å². The Kier molecular flexibility index (Phi) is 3.99. The van der Waals surface area contributed by atoms with Crippen molar-refractivity contribution in [3.63, 3.8) is 0 Å². The molecule has 1 heterocycles. The van der Waals surface area contributed by atoms with Crippen LogP contribution in [0.25, 0.3) is 5.69 Å². The second-order valence-corrected chi connectivity index (χ2v) is 4.45. The molecule has 18 heavy (non-hydrogen) atoms. The van der Waals surface area contributed by atoms with Gasteiger partial charge in [-0.2, -0.15) is 0 Å². The van der Waals surface area contributed by atoms with Crippen molar-refractivity contribution in [2.24, 2.45) is 5.73 Å². The summed E-state index contributed by atoms with van der Waals surface area (Å²) in [4.78, 5) is 4.16. The van der Waals surface area contributed by atoms with Crippen LogP contribution in [0, 0.1) is 0 Å². The van der Waals surface area contributed by atoms with Gasteiger partial charge in [0, 0.05) is 24.0 Å². The van der Waals surface area contributed by atoms with Crippen LogP contribution in [0.1, 0.15) is 19.5 Å². The zero-order valence-electron chi connectivity index (χ0n) is 10.8. The molecule has 96 valence electrons. The third kappa shape index (κ3) is 2.90. The van der Waals surface area contributed by atoms with Gasteiger partial charge >= 0.3 is 0 Å². The summed E-state index contributed by atoms with van der Waals surface area (Å²) in [6.07, 6.45) is 4.68. The Hall–Kier alpha value is -1.81. The molecule has 4 nitrogen and oxygen atoms in total. The Morgan fingerprint density at radius 1 is 1.28 bits per heavy atom. The van der Waals surface area contributed by atoms with E-state index in [1.165, 1.54) is 0 Å². The summed E-state index contributed by atoms with van der Waals surface area (Å²) in [5, 5.41) is 0. The first-order valence-electron chi connectivity index (χ1n) is 6.19. The third-order valence-electron chi connectivity index (χ3n) is 2.60. The predicted octanol–water partition coefficient (Wildman–Crippen LogP) is 2.16. The highest BCUT2D eigenvalue weighted by Crippen LogP contribution is 2.18. The molecule has 0 bridgehead atoms. The van der Waals surface area contributed by atoms with Crippen LogP contribution in [0.15, 0.2) is 36.8 Å². The van der Waals surface area contributed by atoms with Crippen molar-refractivity contribution >= 4 is 0 Å². The summed E-state index contributed by atoms with van der Waals surface area (Å²) in [6, 6.07) is 8.00. The van der Waals surface area contributed by atoms with E-state index in [1.807, 2.05) is 55.2 Å². The van der Waals surface area contributed by atoms with E-state index in [4.69, 9.17) is 10.5 Å². The Bertz CT molecular complexity index is 488. The van der Waals surface area contributed by atoms with E-state index < -0.39 is 0 Å². The summed E-state index contributed by atoms with van der Waals surface area (Å²) in [7, 11) is 0. The molecule has 1 aromatic heterocycles. The third-order valence-corrected chi connectivity index (χ3v) is 2.60. The standard InChI is InChI=1S/C14H19N3O/c1-11(2)18-14-5-3-12(4-6-14)17-10-16-9-13(17)7-8-15/h3-6,9-11H,7-8,15H2,1-2H3. The monoisotopic (exact) mass is 245 g/mol. The largest absolute Gasteiger partial charge is 0.491 e. The number of nitrogens with two attached hydrogens (primary N) is 1. The van der Waals surface area contributed by atoms with Crippen molar-refractivity contribution in [3.05, 3.63) is 42.5 Å². The van der Waals surface area contributed by atoms with Gasteiger partial charge in [-0.25, -0.2) is 4.98 Å². The molecule has 2 aromatic rings. The summed E-state index contributed by atoms with van der Waals surface area (Å²) < 4.78 is 7.67. The number of aromatic nitrogens is 2. The minimum absolute atomic E-state index is 0.192. The van der Waals surface area contributed by atoms with Crippen LogP contribution in [0.2, 0.25) is 0 Å². The van der Waals surface area contributed by atoms with Gasteiger partial charge in [0.05, 0.1) is 12.4 Å². The molecular weight excluding hydrogens is 226 g/mol. The quantitative estimate of drug-likeness (QED) is 0.878. The fourth-order valence-corrected chi connectivity index (χ4v) is 1.85. The number of ether oxygens (including phenoxy) is 1. The highest BCUT2D eigenvalue weighted by Gasteiger charge is 2.04. The van der Waals surface area contributed by atoms with Crippen LogP contribution in [0.5, 0.6) is 5.75 Å². The molecule has 0 saturated heterocycles. The molecule has 2 rings (SSSR count). The van der Waals surface area contributed by atoms with Crippen molar-refractivity contribution in [1.82, 2.24) is 9.55 Å². The molecule has 2 N–H and O–H groups in total. The average Bonchev–Trinajstić information content (AvgIpc) is 2.78. The van der Waals surface area contributed by atoms with Crippen molar-refractivity contribution in [2.45, 2.75) is 26.4 Å². The molecule has 0 aliphatic heterocycles. The fourth-order valence-electron chi connectivity index (χ4n) is 1.85. The van der Waals surface area contributed by atoms with Crippen molar-refractivity contribution in [3.8, 4) is 11.4 Å². The van der Waals surface area contributed by atoms with Gasteiger partial charge in [0.2, 0.25) is 0 Å². The van der Waals surface area contributed by atoms with Crippen LogP contribution >= 0.6 is 0 Å². The number of benzene rings is 1. The van der Waals surface area contributed by atoms with Gasteiger partial charge in [0.1, 0.15) is 5.75 Å². The number of imidazole rings is 1. The van der Waals surface area contributed by atoms with E-state index in [0.29, 0.717) is 6.54 Å². The number of hydrogen-bond acceptors (Lipinski definition) is 3. The molecule has 0 spiro atoms. The maximum atomic E-state index is 5.62. The van der Waals surface area contributed by atoms with Crippen LogP contribution in [0.4, 0.5) is 0 Å². The minimum Gasteiger partial charge on any atom is -0.491 e. The first-order chi connectivity index (χ1) is 8.70. The Morgan fingerprint density at radius 2 is 2.00 bits per heavy atom. The molecule has 0 aliphatic carbocycles. The lowest BCUT2D eigenvalue weighted by molar-refractivity contribution is 0.242. The van der Waals surface area contributed by atoms with Crippen molar-refractivity contribution in [1.29, 1.82) is 0 Å². The predicted molar refractivity (Wildman–Crippen MR) is 72.1 cm³/mol. The zero-order valence-corrected chi connectivity index (χ0v) is 10.8. The van der Waals surface area contributed by atoms with Crippen LogP contribution in [-0.4, -0.2) is 22.2 Å². The maximum Gasteiger partial charge on any atom is 0.119 e. The average molecular weight is 245 g/mol. The molecule has 4 heteroatoms. The second kappa shape index (κ2) is 5.69. The number of rotatable bonds is 5. The van der Waals surface area contributed by atoms with Crippen molar-refractivity contribution < 1.29 is 4.74 Å². The molecule has 0 radical (unpaired) electrons. The lowest BCUT2D eigenvalue weighted by Gasteiger charge is -2.11. The van der Waals surface area contributed by atoms with E-state index in [9.17, 15) is 0 Å². The molecule has 0 amide bonds. The van der Waals surface area contributed by atoms with Gasteiger partial charge in [0.15, 0.2) is 0 Å². The smallest absolute Gasteiger partial charge is 0.119 e. The van der Waals surface area contributed by atoms with E-state index in [0.717, 1.165) is 23.6 Å². The SMILES string of the molecule is CC(C)Oc1ccc(-n2cncc2CCN)cc1. The fraction of sp³-hybridized carbons (Fsp3) is 0.357. The summed E-state index contributed by atoms with van der Waals surface area (Å²) in [5.74, 6) is 0.884. The normalized spacial score (nSPS) is 10.9. The Morgan fingerprint density at radius 3 is 2.61 bits per heavy atom. The first kappa shape index (κ1) is 12.6. The highest BCUT2D eigenvalue weighted by atomic mass is 16.5. The molecule has 0 saturated carbocycles. The molecule has 0 atom stereocenters. The lowest BCUT2D eigenvalue weighted by atomic mass is 10.2. The number of nitrogens with zero attached hydrogens (tertiary/aromatic N) is 2. The molecular formula is C14H19N3O. The highest BCUT2D eigenvalue weighted by molar-refractivity contribution is 5.38. The lowest BCUT2D eigenvalue weighted by Crippen LogP contribution is -2.08. The van der Waals surface area contributed by atoms with E-state index in [-0.39, 0.29) is 6.10 Å².